The molecule has 0 saturated carbocycles. The van der Waals surface area contributed by atoms with E-state index in [-0.39, 0.29) is 0 Å². The molecule has 1 aliphatic heterocycles. The Morgan fingerprint density at radius 2 is 2.00 bits per heavy atom. The lowest BCUT2D eigenvalue weighted by atomic mass is 10.0. The van der Waals surface area contributed by atoms with Gasteiger partial charge in [-0.05, 0) is 58.9 Å². The molecule has 1 heterocycles. The van der Waals surface area contributed by atoms with Gasteiger partial charge in [-0.15, -0.1) is 0 Å². The molecule has 4 nitrogen and oxygen atoms in total. The van der Waals surface area contributed by atoms with Crippen molar-refractivity contribution in [2.75, 3.05) is 33.2 Å². The highest BCUT2D eigenvalue weighted by atomic mass is 16.4. The van der Waals surface area contributed by atoms with Crippen LogP contribution in [-0.4, -0.2) is 60.1 Å². The minimum atomic E-state index is -0.683. The maximum Gasteiger partial charge on any atom is 0.303 e. The number of rotatable bonds is 8. The van der Waals surface area contributed by atoms with E-state index in [1.165, 1.54) is 45.3 Å². The summed E-state index contributed by atoms with van der Waals surface area (Å²) in [5.74, 6) is -0.683. The lowest BCUT2D eigenvalue weighted by molar-refractivity contribution is -0.137. The molecule has 0 amide bonds. The molecule has 0 aromatic carbocycles. The van der Waals surface area contributed by atoms with Gasteiger partial charge in [0.15, 0.2) is 0 Å². The van der Waals surface area contributed by atoms with E-state index in [4.69, 9.17) is 5.11 Å². The number of nitrogens with zero attached hydrogens (tertiary/aromatic N) is 2. The van der Waals surface area contributed by atoms with E-state index >= 15 is 0 Å². The Kier molecular flexibility index (Phi) is 7.28. The highest BCUT2D eigenvalue weighted by molar-refractivity contribution is 5.66. The fourth-order valence-corrected chi connectivity index (χ4v) is 2.63. The van der Waals surface area contributed by atoms with Gasteiger partial charge in [0, 0.05) is 12.5 Å². The molecule has 1 fully saturated rings. The summed E-state index contributed by atoms with van der Waals surface area (Å²) in [5, 5.41) is 8.63. The first-order valence-electron chi connectivity index (χ1n) is 7.28. The predicted octanol–water partition coefficient (Wildman–Crippen LogP) is 2.05. The van der Waals surface area contributed by atoms with Gasteiger partial charge < -0.3 is 14.9 Å². The molecule has 0 unspecified atom stereocenters. The van der Waals surface area contributed by atoms with Crippen molar-refractivity contribution in [3.63, 3.8) is 0 Å². The van der Waals surface area contributed by atoms with E-state index in [1.807, 2.05) is 0 Å². The van der Waals surface area contributed by atoms with Gasteiger partial charge in [0.2, 0.25) is 0 Å². The molecule has 18 heavy (non-hydrogen) atoms. The first-order valence-corrected chi connectivity index (χ1v) is 7.28. The van der Waals surface area contributed by atoms with Crippen LogP contribution >= 0.6 is 0 Å². The maximum atomic E-state index is 10.5. The van der Waals surface area contributed by atoms with Crippen LogP contribution in [0.1, 0.15) is 45.4 Å². The van der Waals surface area contributed by atoms with Crippen molar-refractivity contribution in [2.45, 2.75) is 51.5 Å². The third-order valence-corrected chi connectivity index (χ3v) is 3.91. The first kappa shape index (κ1) is 15.4. The monoisotopic (exact) mass is 256 g/mol. The van der Waals surface area contributed by atoms with Crippen LogP contribution < -0.4 is 0 Å². The molecule has 0 atom stereocenters. The first-order chi connectivity index (χ1) is 8.63. The predicted molar refractivity (Wildman–Crippen MR) is 73.9 cm³/mol. The van der Waals surface area contributed by atoms with Crippen molar-refractivity contribution in [2.24, 2.45) is 0 Å². The quantitative estimate of drug-likeness (QED) is 0.722. The highest BCUT2D eigenvalue weighted by Gasteiger charge is 2.21. The van der Waals surface area contributed by atoms with Crippen LogP contribution in [0.25, 0.3) is 0 Å². The van der Waals surface area contributed by atoms with Crippen LogP contribution in [0, 0.1) is 0 Å². The number of aliphatic carboxylic acids is 1. The summed E-state index contributed by atoms with van der Waals surface area (Å²) in [6, 6.07) is 0.650. The molecule has 0 aromatic rings. The second-order valence-corrected chi connectivity index (χ2v) is 5.40. The number of unbranched alkanes of at least 4 members (excludes halogenated alkanes) is 1. The van der Waals surface area contributed by atoms with Gasteiger partial charge in [-0.2, -0.15) is 0 Å². The number of piperidine rings is 1. The zero-order chi connectivity index (χ0) is 13.4. The molecule has 0 aliphatic carbocycles. The molecule has 0 spiro atoms. The second kappa shape index (κ2) is 8.48. The van der Waals surface area contributed by atoms with Crippen molar-refractivity contribution in [1.29, 1.82) is 0 Å². The molecular formula is C14H28N2O2. The fourth-order valence-electron chi connectivity index (χ4n) is 2.63. The van der Waals surface area contributed by atoms with Gasteiger partial charge in [-0.1, -0.05) is 13.3 Å². The molecule has 0 bridgehead atoms. The maximum absolute atomic E-state index is 10.5. The lowest BCUT2D eigenvalue weighted by Gasteiger charge is -2.36. The third-order valence-electron chi connectivity index (χ3n) is 3.91. The Morgan fingerprint density at radius 1 is 1.33 bits per heavy atom. The Balaban J connectivity index is 2.15. The van der Waals surface area contributed by atoms with Gasteiger partial charge in [0.1, 0.15) is 0 Å². The van der Waals surface area contributed by atoms with Gasteiger partial charge in [-0.3, -0.25) is 4.79 Å². The van der Waals surface area contributed by atoms with E-state index in [0.29, 0.717) is 12.5 Å². The zero-order valence-electron chi connectivity index (χ0n) is 11.9. The van der Waals surface area contributed by atoms with Crippen molar-refractivity contribution < 1.29 is 9.90 Å². The SMILES string of the molecule is CCCCN1CCC(N(C)CCCC(=O)O)CC1. The van der Waals surface area contributed by atoms with Crippen LogP contribution in [0.15, 0.2) is 0 Å². The van der Waals surface area contributed by atoms with E-state index in [0.717, 1.165) is 13.0 Å². The van der Waals surface area contributed by atoms with E-state index in [9.17, 15) is 4.79 Å². The highest BCUT2D eigenvalue weighted by Crippen LogP contribution is 2.16. The van der Waals surface area contributed by atoms with Crippen molar-refractivity contribution in [3.05, 3.63) is 0 Å². The van der Waals surface area contributed by atoms with Crippen LogP contribution in [0.3, 0.4) is 0 Å². The summed E-state index contributed by atoms with van der Waals surface area (Å²) < 4.78 is 0. The van der Waals surface area contributed by atoms with Crippen molar-refractivity contribution in [3.8, 4) is 0 Å². The summed E-state index contributed by atoms with van der Waals surface area (Å²) in [6.45, 7) is 6.79. The number of hydrogen-bond acceptors (Lipinski definition) is 3. The summed E-state index contributed by atoms with van der Waals surface area (Å²) in [6.07, 6.45) is 6.09. The van der Waals surface area contributed by atoms with Crippen LogP contribution in [0.4, 0.5) is 0 Å². The fraction of sp³-hybridized carbons (Fsp3) is 0.929. The molecule has 106 valence electrons. The van der Waals surface area contributed by atoms with Crippen molar-refractivity contribution in [1.82, 2.24) is 9.80 Å². The van der Waals surface area contributed by atoms with E-state index < -0.39 is 5.97 Å². The minimum Gasteiger partial charge on any atom is -0.481 e. The summed E-state index contributed by atoms with van der Waals surface area (Å²) in [5.41, 5.74) is 0. The van der Waals surface area contributed by atoms with E-state index in [2.05, 4.69) is 23.8 Å². The Morgan fingerprint density at radius 3 is 2.56 bits per heavy atom. The number of hydrogen-bond donors (Lipinski definition) is 1. The lowest BCUT2D eigenvalue weighted by Crippen LogP contribution is -2.43. The molecule has 1 saturated heterocycles. The third kappa shape index (κ3) is 5.83. The molecule has 0 aromatic heterocycles. The Bertz CT molecular complexity index is 238. The largest absolute Gasteiger partial charge is 0.481 e. The molecule has 0 radical (unpaired) electrons. The molecule has 1 rings (SSSR count). The summed E-state index contributed by atoms with van der Waals surface area (Å²) in [7, 11) is 2.13. The average molecular weight is 256 g/mol. The van der Waals surface area contributed by atoms with Gasteiger partial charge in [0.05, 0.1) is 0 Å². The smallest absolute Gasteiger partial charge is 0.303 e. The average Bonchev–Trinajstić information content (AvgIpc) is 2.36. The Hall–Kier alpha value is -0.610. The minimum absolute atomic E-state index is 0.291. The van der Waals surface area contributed by atoms with Crippen molar-refractivity contribution >= 4 is 5.97 Å². The summed E-state index contributed by atoms with van der Waals surface area (Å²) >= 11 is 0. The molecule has 4 heteroatoms. The summed E-state index contributed by atoms with van der Waals surface area (Å²) in [4.78, 5) is 15.4. The number of carbonyl (C=O) groups is 1. The molecular weight excluding hydrogens is 228 g/mol. The van der Waals surface area contributed by atoms with Gasteiger partial charge in [0.25, 0.3) is 0 Å². The normalized spacial score (nSPS) is 18.4. The van der Waals surface area contributed by atoms with Crippen LogP contribution in [0.5, 0.6) is 0 Å². The standard InChI is InChI=1S/C14H28N2O2/c1-3-4-10-16-11-7-13(8-12-16)15(2)9-5-6-14(17)18/h13H,3-12H2,1-2H3,(H,17,18). The number of carboxylic acid groups (broad SMARTS) is 1. The van der Waals surface area contributed by atoms with E-state index in [1.54, 1.807) is 0 Å². The van der Waals surface area contributed by atoms with Crippen LogP contribution in [0.2, 0.25) is 0 Å². The number of carboxylic acids is 1. The number of likely N-dealkylation sites (tertiary alicyclic amines) is 1. The second-order valence-electron chi connectivity index (χ2n) is 5.40. The van der Waals surface area contributed by atoms with Crippen LogP contribution in [-0.2, 0) is 4.79 Å². The zero-order valence-corrected chi connectivity index (χ0v) is 11.9. The Labute approximate surface area is 111 Å². The topological polar surface area (TPSA) is 43.8 Å². The molecule has 1 N–H and O–H groups in total. The molecule has 1 aliphatic rings. The van der Waals surface area contributed by atoms with Gasteiger partial charge in [-0.25, -0.2) is 0 Å². The van der Waals surface area contributed by atoms with Gasteiger partial charge >= 0.3 is 5.97 Å².